The first-order valence-corrected chi connectivity index (χ1v) is 7.71. The normalized spacial score (nSPS) is 10.2. The molecule has 0 atom stereocenters. The Hall–Kier alpha value is -1.94. The van der Waals surface area contributed by atoms with Crippen molar-refractivity contribution in [1.82, 2.24) is 0 Å². The Labute approximate surface area is 129 Å². The Kier molecular flexibility index (Phi) is 5.28. The summed E-state index contributed by atoms with van der Waals surface area (Å²) in [7, 11) is 1.64. The molecule has 0 aromatic heterocycles. The molecule has 0 aliphatic rings. The number of carbonyl (C=O) groups is 1. The Bertz CT molecular complexity index is 640. The third kappa shape index (κ3) is 4.53. The molecule has 0 radical (unpaired) electrons. The maximum atomic E-state index is 12.0. The maximum Gasteiger partial charge on any atom is 0.234 e. The summed E-state index contributed by atoms with van der Waals surface area (Å²) < 4.78 is 5.17. The monoisotopic (exact) mass is 301 g/mol. The number of ether oxygens (including phenoxy) is 1. The second kappa shape index (κ2) is 7.18. The van der Waals surface area contributed by atoms with Crippen molar-refractivity contribution < 1.29 is 9.53 Å². The number of rotatable bonds is 5. The molecule has 110 valence electrons. The Morgan fingerprint density at radius 1 is 1.19 bits per heavy atom. The van der Waals surface area contributed by atoms with E-state index in [4.69, 9.17) is 4.74 Å². The number of anilines is 1. The van der Waals surface area contributed by atoms with Crippen molar-refractivity contribution in [1.29, 1.82) is 0 Å². The molecule has 0 heterocycles. The minimum absolute atomic E-state index is 0.00322. The van der Waals surface area contributed by atoms with Crippen LogP contribution < -0.4 is 10.1 Å². The summed E-state index contributed by atoms with van der Waals surface area (Å²) in [5.74, 6) is 1.17. The molecule has 1 amide bonds. The van der Waals surface area contributed by atoms with Crippen LogP contribution in [0.4, 0.5) is 5.69 Å². The second-order valence-electron chi connectivity index (χ2n) is 4.83. The number of carbonyl (C=O) groups excluding carboxylic acids is 1. The predicted octanol–water partition coefficient (Wildman–Crippen LogP) is 4.04. The summed E-state index contributed by atoms with van der Waals surface area (Å²) in [5.41, 5.74) is 3.09. The van der Waals surface area contributed by atoms with E-state index in [9.17, 15) is 4.79 Å². The number of methoxy groups -OCH3 is 1. The van der Waals surface area contributed by atoms with Crippen LogP contribution >= 0.6 is 11.8 Å². The number of hydrogen-bond acceptors (Lipinski definition) is 3. The van der Waals surface area contributed by atoms with E-state index in [-0.39, 0.29) is 5.91 Å². The van der Waals surface area contributed by atoms with Gasteiger partial charge in [-0.2, -0.15) is 0 Å². The summed E-state index contributed by atoms with van der Waals surface area (Å²) in [6.07, 6.45) is 0. The average Bonchev–Trinajstić information content (AvgIpc) is 2.49. The highest BCUT2D eigenvalue weighted by atomic mass is 32.2. The summed E-state index contributed by atoms with van der Waals surface area (Å²) >= 11 is 1.50. The van der Waals surface area contributed by atoms with Crippen molar-refractivity contribution >= 4 is 23.4 Å². The van der Waals surface area contributed by atoms with Gasteiger partial charge in [0.15, 0.2) is 0 Å². The molecule has 2 rings (SSSR count). The van der Waals surface area contributed by atoms with Crippen LogP contribution in [0.25, 0.3) is 0 Å². The van der Waals surface area contributed by atoms with E-state index in [1.165, 1.54) is 11.8 Å². The topological polar surface area (TPSA) is 38.3 Å². The SMILES string of the molecule is COc1cccc(SCC(=O)Nc2cc(C)ccc2C)c1. The predicted molar refractivity (Wildman–Crippen MR) is 88.3 cm³/mol. The molecule has 0 spiro atoms. The van der Waals surface area contributed by atoms with Crippen LogP contribution in [-0.2, 0) is 4.79 Å². The molecule has 0 unspecified atom stereocenters. The number of nitrogens with one attached hydrogen (secondary N) is 1. The largest absolute Gasteiger partial charge is 0.497 e. The zero-order valence-corrected chi connectivity index (χ0v) is 13.3. The van der Waals surface area contributed by atoms with E-state index >= 15 is 0 Å². The van der Waals surface area contributed by atoms with E-state index in [0.717, 1.165) is 27.5 Å². The van der Waals surface area contributed by atoms with Gasteiger partial charge in [0.05, 0.1) is 12.9 Å². The van der Waals surface area contributed by atoms with Crippen molar-refractivity contribution in [3.8, 4) is 5.75 Å². The molecule has 1 N–H and O–H groups in total. The third-order valence-corrected chi connectivity index (χ3v) is 4.07. The molecule has 21 heavy (non-hydrogen) atoms. The zero-order chi connectivity index (χ0) is 15.2. The molecule has 0 fully saturated rings. The molecular formula is C17H19NO2S. The number of benzene rings is 2. The van der Waals surface area contributed by atoms with Crippen LogP contribution in [0.15, 0.2) is 47.4 Å². The second-order valence-corrected chi connectivity index (χ2v) is 5.88. The average molecular weight is 301 g/mol. The summed E-state index contributed by atoms with van der Waals surface area (Å²) in [4.78, 5) is 13.1. The van der Waals surface area contributed by atoms with E-state index in [0.29, 0.717) is 5.75 Å². The highest BCUT2D eigenvalue weighted by Crippen LogP contribution is 2.23. The summed E-state index contributed by atoms with van der Waals surface area (Å²) in [6, 6.07) is 13.7. The molecule has 0 saturated carbocycles. The van der Waals surface area contributed by atoms with Crippen LogP contribution in [0.3, 0.4) is 0 Å². The quantitative estimate of drug-likeness (QED) is 0.847. The van der Waals surface area contributed by atoms with Crippen LogP contribution in [0, 0.1) is 13.8 Å². The summed E-state index contributed by atoms with van der Waals surface area (Å²) in [5, 5.41) is 2.96. The number of aryl methyl sites for hydroxylation is 2. The standard InChI is InChI=1S/C17H19NO2S/c1-12-7-8-13(2)16(9-12)18-17(19)11-21-15-6-4-5-14(10-15)20-3/h4-10H,11H2,1-3H3,(H,18,19). The molecule has 0 aliphatic carbocycles. The molecular weight excluding hydrogens is 282 g/mol. The minimum atomic E-state index is -0.00322. The molecule has 0 saturated heterocycles. The van der Waals surface area contributed by atoms with Gasteiger partial charge < -0.3 is 10.1 Å². The highest BCUT2D eigenvalue weighted by Gasteiger charge is 2.06. The molecule has 2 aromatic carbocycles. The van der Waals surface area contributed by atoms with Crippen molar-refractivity contribution in [3.05, 3.63) is 53.6 Å². The van der Waals surface area contributed by atoms with Gasteiger partial charge in [0, 0.05) is 10.6 Å². The molecule has 4 heteroatoms. The lowest BCUT2D eigenvalue weighted by atomic mass is 10.1. The van der Waals surface area contributed by atoms with Gasteiger partial charge in [0.1, 0.15) is 5.75 Å². The maximum absolute atomic E-state index is 12.0. The van der Waals surface area contributed by atoms with E-state index in [2.05, 4.69) is 5.32 Å². The fourth-order valence-electron chi connectivity index (χ4n) is 1.90. The first-order valence-electron chi connectivity index (χ1n) is 6.72. The van der Waals surface area contributed by atoms with Gasteiger partial charge in [-0.15, -0.1) is 11.8 Å². The lowest BCUT2D eigenvalue weighted by molar-refractivity contribution is -0.113. The van der Waals surface area contributed by atoms with Crippen LogP contribution in [-0.4, -0.2) is 18.8 Å². The van der Waals surface area contributed by atoms with Gasteiger partial charge in [-0.05, 0) is 49.2 Å². The van der Waals surface area contributed by atoms with Gasteiger partial charge in [-0.1, -0.05) is 18.2 Å². The fraction of sp³-hybridized carbons (Fsp3) is 0.235. The highest BCUT2D eigenvalue weighted by molar-refractivity contribution is 8.00. The molecule has 0 bridgehead atoms. The van der Waals surface area contributed by atoms with Crippen molar-refractivity contribution in [3.63, 3.8) is 0 Å². The van der Waals surface area contributed by atoms with Gasteiger partial charge in [-0.25, -0.2) is 0 Å². The van der Waals surface area contributed by atoms with Gasteiger partial charge in [-0.3, -0.25) is 4.79 Å². The number of hydrogen-bond donors (Lipinski definition) is 1. The van der Waals surface area contributed by atoms with E-state index in [1.54, 1.807) is 7.11 Å². The first-order chi connectivity index (χ1) is 10.1. The van der Waals surface area contributed by atoms with Gasteiger partial charge >= 0.3 is 0 Å². The molecule has 2 aromatic rings. The van der Waals surface area contributed by atoms with E-state index in [1.807, 2.05) is 56.3 Å². The third-order valence-electron chi connectivity index (χ3n) is 3.08. The minimum Gasteiger partial charge on any atom is -0.497 e. The van der Waals surface area contributed by atoms with Gasteiger partial charge in [0.25, 0.3) is 0 Å². The van der Waals surface area contributed by atoms with Crippen molar-refractivity contribution in [2.75, 3.05) is 18.2 Å². The lowest BCUT2D eigenvalue weighted by Crippen LogP contribution is -2.14. The number of thioether (sulfide) groups is 1. The van der Waals surface area contributed by atoms with Crippen molar-refractivity contribution in [2.45, 2.75) is 18.7 Å². The lowest BCUT2D eigenvalue weighted by Gasteiger charge is -2.09. The smallest absolute Gasteiger partial charge is 0.234 e. The zero-order valence-electron chi connectivity index (χ0n) is 12.5. The first kappa shape index (κ1) is 15.4. The van der Waals surface area contributed by atoms with Crippen LogP contribution in [0.5, 0.6) is 5.75 Å². The number of amides is 1. The Morgan fingerprint density at radius 3 is 2.76 bits per heavy atom. The van der Waals surface area contributed by atoms with Crippen LogP contribution in [0.2, 0.25) is 0 Å². The molecule has 3 nitrogen and oxygen atoms in total. The van der Waals surface area contributed by atoms with Gasteiger partial charge in [0.2, 0.25) is 5.91 Å². The van der Waals surface area contributed by atoms with Crippen LogP contribution in [0.1, 0.15) is 11.1 Å². The summed E-state index contributed by atoms with van der Waals surface area (Å²) in [6.45, 7) is 4.00. The van der Waals surface area contributed by atoms with Crippen molar-refractivity contribution in [2.24, 2.45) is 0 Å². The molecule has 0 aliphatic heterocycles. The Morgan fingerprint density at radius 2 is 2.00 bits per heavy atom. The fourth-order valence-corrected chi connectivity index (χ4v) is 2.64. The Balaban J connectivity index is 1.94. The van der Waals surface area contributed by atoms with E-state index < -0.39 is 0 Å².